The van der Waals surface area contributed by atoms with E-state index in [1.54, 1.807) is 0 Å². The number of carbonyl (C=O) groups excluding carboxylic acids is 1. The van der Waals surface area contributed by atoms with Crippen LogP contribution in [0.1, 0.15) is 22.3 Å². The lowest BCUT2D eigenvalue weighted by molar-refractivity contribution is -0.139. The Labute approximate surface area is 202 Å². The first-order chi connectivity index (χ1) is 17.0. The summed E-state index contributed by atoms with van der Waals surface area (Å²) in [4.78, 5) is 26.5. The summed E-state index contributed by atoms with van der Waals surface area (Å²) in [7, 11) is 1.30. The third-order valence-electron chi connectivity index (χ3n) is 6.24. The standard InChI is InChI=1S/C28H25NO6/c1-18-22-12-13-25-24(27(22)35-28(31)23(18)14-26(30)32-2)15-29(17-34-25)20-8-10-21(11-9-20)33-16-19-6-4-3-5-7-19/h3-13H,14-17H2,1-2H3. The number of nitrogens with zero attached hydrogens (tertiary/aromatic N) is 1. The molecule has 0 radical (unpaired) electrons. The van der Waals surface area contributed by atoms with Gasteiger partial charge in [-0.3, -0.25) is 4.79 Å². The Morgan fingerprint density at radius 1 is 1.03 bits per heavy atom. The molecule has 0 fully saturated rings. The number of hydrogen-bond acceptors (Lipinski definition) is 7. The van der Waals surface area contributed by atoms with Crippen molar-refractivity contribution in [2.45, 2.75) is 26.5 Å². The van der Waals surface area contributed by atoms with E-state index in [0.717, 1.165) is 28.0 Å². The average molecular weight is 472 g/mol. The number of hydrogen-bond donors (Lipinski definition) is 0. The van der Waals surface area contributed by atoms with Crippen LogP contribution in [0, 0.1) is 6.92 Å². The second-order valence-electron chi connectivity index (χ2n) is 8.40. The molecule has 7 heteroatoms. The highest BCUT2D eigenvalue weighted by Gasteiger charge is 2.24. The Balaban J connectivity index is 1.38. The fourth-order valence-electron chi connectivity index (χ4n) is 4.24. The maximum Gasteiger partial charge on any atom is 0.340 e. The molecule has 4 aromatic rings. The third-order valence-corrected chi connectivity index (χ3v) is 6.24. The van der Waals surface area contributed by atoms with Crippen molar-refractivity contribution in [2.24, 2.45) is 0 Å². The number of esters is 1. The first kappa shape index (κ1) is 22.5. The Hall–Kier alpha value is -4.26. The Morgan fingerprint density at radius 3 is 2.54 bits per heavy atom. The fourth-order valence-corrected chi connectivity index (χ4v) is 4.24. The van der Waals surface area contributed by atoms with Gasteiger partial charge in [-0.25, -0.2) is 4.79 Å². The zero-order chi connectivity index (χ0) is 24.4. The zero-order valence-corrected chi connectivity index (χ0v) is 19.6. The molecule has 0 saturated heterocycles. The molecule has 0 saturated carbocycles. The highest BCUT2D eigenvalue weighted by molar-refractivity contribution is 5.87. The minimum Gasteiger partial charge on any atom is -0.489 e. The number of methoxy groups -OCH3 is 1. The molecular weight excluding hydrogens is 446 g/mol. The van der Waals surface area contributed by atoms with E-state index in [2.05, 4.69) is 4.90 Å². The van der Waals surface area contributed by atoms with E-state index < -0.39 is 11.6 Å². The van der Waals surface area contributed by atoms with Crippen LogP contribution in [-0.4, -0.2) is 19.8 Å². The van der Waals surface area contributed by atoms with Gasteiger partial charge in [0.25, 0.3) is 0 Å². The maximum absolute atomic E-state index is 12.7. The lowest BCUT2D eigenvalue weighted by Gasteiger charge is -2.31. The molecule has 2 heterocycles. The van der Waals surface area contributed by atoms with E-state index in [1.165, 1.54) is 7.11 Å². The molecular formula is C28H25NO6. The number of rotatable bonds is 6. The third kappa shape index (κ3) is 4.57. The molecule has 35 heavy (non-hydrogen) atoms. The van der Waals surface area contributed by atoms with Gasteiger partial charge in [0.15, 0.2) is 6.73 Å². The number of ether oxygens (including phenoxy) is 3. The smallest absolute Gasteiger partial charge is 0.340 e. The van der Waals surface area contributed by atoms with Crippen LogP contribution in [0.15, 0.2) is 75.9 Å². The molecule has 0 atom stereocenters. The molecule has 0 spiro atoms. The molecule has 3 aromatic carbocycles. The van der Waals surface area contributed by atoms with E-state index in [4.69, 9.17) is 18.6 Å². The number of anilines is 1. The van der Waals surface area contributed by atoms with Crippen molar-refractivity contribution in [3.8, 4) is 11.5 Å². The topological polar surface area (TPSA) is 78.2 Å². The average Bonchev–Trinajstić information content (AvgIpc) is 2.90. The van der Waals surface area contributed by atoms with E-state index in [-0.39, 0.29) is 6.42 Å². The van der Waals surface area contributed by atoms with Gasteiger partial charge in [0.05, 0.1) is 31.2 Å². The normalized spacial score (nSPS) is 12.7. The number of aryl methyl sites for hydroxylation is 1. The second-order valence-corrected chi connectivity index (χ2v) is 8.40. The van der Waals surface area contributed by atoms with E-state index in [0.29, 0.717) is 42.3 Å². The molecule has 5 rings (SSSR count). The Morgan fingerprint density at radius 2 is 1.80 bits per heavy atom. The lowest BCUT2D eigenvalue weighted by Crippen LogP contribution is -2.32. The van der Waals surface area contributed by atoms with Crippen LogP contribution in [0.2, 0.25) is 0 Å². The summed E-state index contributed by atoms with van der Waals surface area (Å²) < 4.78 is 22.3. The van der Waals surface area contributed by atoms with E-state index >= 15 is 0 Å². The Kier molecular flexibility index (Phi) is 6.14. The molecule has 1 aromatic heterocycles. The van der Waals surface area contributed by atoms with Crippen LogP contribution in [0.25, 0.3) is 11.0 Å². The van der Waals surface area contributed by atoms with Gasteiger partial charge in [0.2, 0.25) is 0 Å². The van der Waals surface area contributed by atoms with Crippen molar-refractivity contribution in [3.63, 3.8) is 0 Å². The summed E-state index contributed by atoms with van der Waals surface area (Å²) in [6.45, 7) is 3.20. The monoisotopic (exact) mass is 471 g/mol. The van der Waals surface area contributed by atoms with Gasteiger partial charge in [-0.1, -0.05) is 30.3 Å². The summed E-state index contributed by atoms with van der Waals surface area (Å²) in [5.41, 5.74) is 3.82. The molecule has 0 bridgehead atoms. The van der Waals surface area contributed by atoms with Crippen LogP contribution in [-0.2, 0) is 29.1 Å². The minimum atomic E-state index is -0.536. The van der Waals surface area contributed by atoms with E-state index in [1.807, 2.05) is 73.7 Å². The van der Waals surface area contributed by atoms with Crippen molar-refractivity contribution in [2.75, 3.05) is 18.7 Å². The van der Waals surface area contributed by atoms with Crippen LogP contribution in [0.5, 0.6) is 11.5 Å². The predicted molar refractivity (Wildman–Crippen MR) is 132 cm³/mol. The molecule has 0 amide bonds. The minimum absolute atomic E-state index is 0.126. The zero-order valence-electron chi connectivity index (χ0n) is 19.6. The number of carbonyl (C=O) groups is 1. The molecule has 0 N–H and O–H groups in total. The summed E-state index contributed by atoms with van der Waals surface area (Å²) in [5.74, 6) is 0.976. The largest absolute Gasteiger partial charge is 0.489 e. The Bertz CT molecular complexity index is 1430. The van der Waals surface area contributed by atoms with Crippen molar-refractivity contribution in [1.82, 2.24) is 0 Å². The molecule has 178 valence electrons. The highest BCUT2D eigenvalue weighted by Crippen LogP contribution is 2.35. The highest BCUT2D eigenvalue weighted by atomic mass is 16.5. The lowest BCUT2D eigenvalue weighted by atomic mass is 10.00. The fraction of sp³-hybridized carbons (Fsp3) is 0.214. The molecule has 0 unspecified atom stereocenters. The number of fused-ring (bicyclic) bond motifs is 3. The van der Waals surface area contributed by atoms with Gasteiger partial charge in [0.1, 0.15) is 23.7 Å². The second kappa shape index (κ2) is 9.54. The van der Waals surface area contributed by atoms with Crippen molar-refractivity contribution in [1.29, 1.82) is 0 Å². The van der Waals surface area contributed by atoms with Crippen LogP contribution in [0.3, 0.4) is 0 Å². The van der Waals surface area contributed by atoms with Gasteiger partial charge in [0, 0.05) is 11.1 Å². The summed E-state index contributed by atoms with van der Waals surface area (Å²) in [6, 6.07) is 21.6. The van der Waals surface area contributed by atoms with Gasteiger partial charge in [-0.05, 0) is 54.4 Å². The van der Waals surface area contributed by atoms with Gasteiger partial charge < -0.3 is 23.5 Å². The van der Waals surface area contributed by atoms with Crippen LogP contribution in [0.4, 0.5) is 5.69 Å². The molecule has 1 aliphatic heterocycles. The summed E-state index contributed by atoms with van der Waals surface area (Å²) in [6.07, 6.45) is -0.126. The van der Waals surface area contributed by atoms with Crippen molar-refractivity contribution >= 4 is 22.6 Å². The first-order valence-electron chi connectivity index (χ1n) is 11.3. The van der Waals surface area contributed by atoms with Crippen molar-refractivity contribution < 1.29 is 23.4 Å². The predicted octanol–water partition coefficient (Wildman–Crippen LogP) is 4.75. The summed E-state index contributed by atoms with van der Waals surface area (Å²) in [5, 5.41) is 0.775. The van der Waals surface area contributed by atoms with Gasteiger partial charge in [-0.2, -0.15) is 0 Å². The maximum atomic E-state index is 12.7. The summed E-state index contributed by atoms with van der Waals surface area (Å²) >= 11 is 0. The first-order valence-corrected chi connectivity index (χ1v) is 11.3. The molecule has 0 aliphatic carbocycles. The van der Waals surface area contributed by atoms with Gasteiger partial charge in [-0.15, -0.1) is 0 Å². The van der Waals surface area contributed by atoms with Gasteiger partial charge >= 0.3 is 11.6 Å². The van der Waals surface area contributed by atoms with Crippen LogP contribution < -0.4 is 20.0 Å². The van der Waals surface area contributed by atoms with E-state index in [9.17, 15) is 9.59 Å². The number of benzene rings is 3. The molecule has 7 nitrogen and oxygen atoms in total. The van der Waals surface area contributed by atoms with Crippen LogP contribution >= 0.6 is 0 Å². The molecule has 1 aliphatic rings. The quantitative estimate of drug-likeness (QED) is 0.297. The van der Waals surface area contributed by atoms with Crippen molar-refractivity contribution in [3.05, 3.63) is 99.4 Å². The SMILES string of the molecule is COC(=O)Cc1c(C)c2ccc3c(c2oc1=O)CN(c1ccc(OCc2ccccc2)cc1)CO3.